The molecule has 0 amide bonds. The minimum absolute atomic E-state index is 0.889. The molecule has 1 rings (SSSR count). The molecule has 6 heteroatoms. The molecule has 0 unspecified atom stereocenters. The third-order valence-corrected chi connectivity index (χ3v) is 14.8. The molecule has 0 heterocycles. The van der Waals surface area contributed by atoms with E-state index < -0.39 is 21.6 Å². The fourth-order valence-corrected chi connectivity index (χ4v) is 12.5. The van der Waals surface area contributed by atoms with Crippen LogP contribution in [0.3, 0.4) is 0 Å². The summed E-state index contributed by atoms with van der Waals surface area (Å²) in [5.74, 6) is 0.889. The van der Waals surface area contributed by atoms with Crippen LogP contribution in [0.1, 0.15) is 65.7 Å². The summed E-state index contributed by atoms with van der Waals surface area (Å²) in [6, 6.07) is 11.5. The van der Waals surface area contributed by atoms with Gasteiger partial charge in [0.05, 0.1) is 0 Å². The van der Waals surface area contributed by atoms with Crippen LogP contribution in [0.2, 0.25) is 10.0 Å². The van der Waals surface area contributed by atoms with Gasteiger partial charge in [0, 0.05) is 0 Å². The van der Waals surface area contributed by atoms with Crippen LogP contribution in [-0.4, -0.2) is 9.79 Å². The van der Waals surface area contributed by atoms with E-state index in [1.807, 2.05) is 0 Å². The molecule has 0 bridgehead atoms. The molecule has 1 aromatic rings. The molecule has 0 atom stereocenters. The van der Waals surface area contributed by atoms with Crippen molar-refractivity contribution in [2.45, 2.75) is 75.7 Å². The molecule has 0 aliphatic rings. The molecule has 143 valence electrons. The van der Waals surface area contributed by atoms with Crippen molar-refractivity contribution in [3.05, 3.63) is 30.3 Å². The average molecular weight is 457 g/mol. The van der Waals surface area contributed by atoms with E-state index in [0.29, 0.717) is 0 Å². The molecule has 0 aliphatic carbocycles. The van der Waals surface area contributed by atoms with Crippen molar-refractivity contribution in [3.63, 3.8) is 0 Å². The van der Waals surface area contributed by atoms with Crippen LogP contribution in [0.15, 0.2) is 30.3 Å². The van der Waals surface area contributed by atoms with Gasteiger partial charge in [-0.3, -0.25) is 0 Å². The molecule has 0 radical (unpaired) electrons. The maximum atomic E-state index is 7.87. The molecule has 0 saturated carbocycles. The fraction of sp³-hybridized carbons (Fsp3) is 0.684. The molecule has 2 N–H and O–H groups in total. The zero-order chi connectivity index (χ0) is 19.1. The van der Waals surface area contributed by atoms with Crippen molar-refractivity contribution in [1.82, 2.24) is 0 Å². The topological polar surface area (TPSA) is 40.5 Å². The molecule has 0 saturated heterocycles. The Kier molecular flexibility index (Phi) is 16.3. The van der Waals surface area contributed by atoms with E-state index >= 15 is 0 Å². The largest absolute Gasteiger partial charge is 0.338 e. The van der Waals surface area contributed by atoms with Crippen LogP contribution in [-0.2, 0) is 27.8 Å². The first-order chi connectivity index (χ1) is 11.7. The van der Waals surface area contributed by atoms with E-state index in [-0.39, 0.29) is 0 Å². The van der Waals surface area contributed by atoms with Crippen LogP contribution in [0.25, 0.3) is 0 Å². The Labute approximate surface area is 171 Å². The van der Waals surface area contributed by atoms with Crippen LogP contribution in [0, 0.1) is 5.92 Å². The maximum Gasteiger partial charge on any atom is 0.239 e. The second kappa shape index (κ2) is 15.8. The van der Waals surface area contributed by atoms with Gasteiger partial charge >= 0.3 is 132 Å². The summed E-state index contributed by atoms with van der Waals surface area (Å²) in [5.41, 5.74) is -3.11. The predicted molar refractivity (Wildman–Crippen MR) is 116 cm³/mol. The second-order valence-corrected chi connectivity index (χ2v) is 20.5. The molecular weight excluding hydrogens is 421 g/mol. The van der Waals surface area contributed by atoms with Crippen molar-refractivity contribution in [3.8, 4) is 0 Å². The van der Waals surface area contributed by atoms with Gasteiger partial charge in [0.1, 0.15) is 0 Å². The van der Waals surface area contributed by atoms with Crippen molar-refractivity contribution in [1.29, 1.82) is 0 Å². The summed E-state index contributed by atoms with van der Waals surface area (Å²) in [5, 5.41) is 3.12. The first kappa shape index (κ1) is 25.8. The number of hydrogen-bond donors (Lipinski definition) is 3. The van der Waals surface area contributed by atoms with E-state index in [2.05, 4.69) is 75.2 Å². The summed E-state index contributed by atoms with van der Waals surface area (Å²) in [7, 11) is 0. The normalized spacial score (nSPS) is 11.2. The van der Waals surface area contributed by atoms with Gasteiger partial charge in [-0.1, -0.05) is 12.2 Å². The fourth-order valence-electron chi connectivity index (χ4n) is 3.46. The minimum Gasteiger partial charge on any atom is -0.338 e. The van der Waals surface area contributed by atoms with Gasteiger partial charge in [0.15, 0.2) is 0 Å². The summed E-state index contributed by atoms with van der Waals surface area (Å²) in [4.78, 5) is 15.7. The number of unbranched alkanes of at least 4 members (excludes halogenated alkanes) is 6. The summed E-state index contributed by atoms with van der Waals surface area (Å²) >= 11 is 5.62. The molecule has 25 heavy (non-hydrogen) atoms. The Morgan fingerprint density at radius 3 is 1.96 bits per heavy atom. The number of rotatable bonds is 11. The first-order valence-corrected chi connectivity index (χ1v) is 19.4. The SMILES string of the molecule is CCCCCCCC[CH2][Zn]([CH2]C(C)C)[c]1ccccc1.OP(O)(=S)S. The van der Waals surface area contributed by atoms with Gasteiger partial charge in [-0.25, -0.2) is 0 Å². The zero-order valence-corrected chi connectivity index (χ0v) is 21.8. The van der Waals surface area contributed by atoms with Gasteiger partial charge in [0.25, 0.3) is 0 Å². The van der Waals surface area contributed by atoms with Gasteiger partial charge in [-0.2, -0.15) is 0 Å². The quantitative estimate of drug-likeness (QED) is 0.158. The average Bonchev–Trinajstić information content (AvgIpc) is 2.52. The van der Waals surface area contributed by atoms with Crippen LogP contribution in [0.4, 0.5) is 0 Å². The predicted octanol–water partition coefficient (Wildman–Crippen LogP) is 6.30. The number of thiol groups is 1. The van der Waals surface area contributed by atoms with Crippen LogP contribution >= 0.6 is 17.9 Å². The van der Waals surface area contributed by atoms with Gasteiger partial charge in [-0.15, -0.1) is 0 Å². The summed E-state index contributed by atoms with van der Waals surface area (Å²) < 4.78 is 1.76. The smallest absolute Gasteiger partial charge is 0.239 e. The Morgan fingerprint density at radius 2 is 1.48 bits per heavy atom. The van der Waals surface area contributed by atoms with Crippen molar-refractivity contribution >= 4 is 33.9 Å². The van der Waals surface area contributed by atoms with E-state index in [1.165, 1.54) is 44.9 Å². The third-order valence-electron chi connectivity index (χ3n) is 4.63. The number of hydrogen-bond acceptors (Lipinski definition) is 1. The molecular formula is C19H36O2PS2Zn. The standard InChI is InChI=1S/C9H19.C6H5.C4H9.H3O2PS2.Zn/c1-3-5-7-9-8-6-4-2;1-2-4-6-5-3-1;1-4(2)3;1-3(2,4)5;/h1,3-9H2,2H3;1-5H;4H,1H2,2-3H3;(H3,1,2,4,5);. The van der Waals surface area contributed by atoms with Gasteiger partial charge < -0.3 is 9.79 Å². The number of benzene rings is 1. The first-order valence-electron chi connectivity index (χ1n) is 9.82. The molecule has 1 aromatic carbocycles. The summed E-state index contributed by atoms with van der Waals surface area (Å²) in [6.07, 6.45) is 10.1. The van der Waals surface area contributed by atoms with Crippen molar-refractivity contribution in [2.75, 3.05) is 0 Å². The molecule has 0 spiro atoms. The Balaban J connectivity index is 0.00000101. The molecule has 0 fully saturated rings. The zero-order valence-electron chi connectivity index (χ0n) is 16.2. The summed E-state index contributed by atoms with van der Waals surface area (Å²) in [6.45, 7) is 7.10. The van der Waals surface area contributed by atoms with Gasteiger partial charge in [-0.05, 0) is 11.8 Å². The Morgan fingerprint density at radius 1 is 1.00 bits per heavy atom. The van der Waals surface area contributed by atoms with Crippen LogP contribution in [0.5, 0.6) is 0 Å². The third kappa shape index (κ3) is 19.3. The monoisotopic (exact) mass is 455 g/mol. The maximum absolute atomic E-state index is 7.87. The minimum atomic E-state index is -3.11. The van der Waals surface area contributed by atoms with Crippen molar-refractivity contribution in [2.24, 2.45) is 5.92 Å². The van der Waals surface area contributed by atoms with Crippen molar-refractivity contribution < 1.29 is 25.7 Å². The van der Waals surface area contributed by atoms with Gasteiger partial charge in [0.2, 0.25) is 5.69 Å². The van der Waals surface area contributed by atoms with Crippen LogP contribution < -0.4 is 4.16 Å². The molecule has 0 aromatic heterocycles. The Bertz CT molecular complexity index is 457. The van der Waals surface area contributed by atoms with E-state index in [4.69, 9.17) is 9.79 Å². The van der Waals surface area contributed by atoms with E-state index in [0.717, 1.165) is 5.92 Å². The van der Waals surface area contributed by atoms with E-state index in [1.54, 1.807) is 14.2 Å². The molecule has 2 nitrogen and oxygen atoms in total. The molecule has 0 aliphatic heterocycles. The second-order valence-electron chi connectivity index (χ2n) is 7.51. The van der Waals surface area contributed by atoms with E-state index in [9.17, 15) is 0 Å². The Hall–Kier alpha value is 0.763.